The number of hydrogen-bond acceptors (Lipinski definition) is 6. The van der Waals surface area contributed by atoms with E-state index in [0.29, 0.717) is 13.0 Å². The lowest BCUT2D eigenvalue weighted by Gasteiger charge is -2.34. The van der Waals surface area contributed by atoms with Gasteiger partial charge in [-0.15, -0.1) is 0 Å². The molecule has 0 aliphatic carbocycles. The van der Waals surface area contributed by atoms with Crippen LogP contribution in [0.2, 0.25) is 0 Å². The number of rotatable bonds is 7. The minimum Gasteiger partial charge on any atom is -0.339 e. The molecule has 0 saturated carbocycles. The van der Waals surface area contributed by atoms with Crippen molar-refractivity contribution in [2.45, 2.75) is 25.9 Å². The molecule has 1 amide bonds. The topological polar surface area (TPSA) is 79.2 Å². The fourth-order valence-electron chi connectivity index (χ4n) is 2.95. The molecule has 0 radical (unpaired) electrons. The highest BCUT2D eigenvalue weighted by molar-refractivity contribution is 5.76. The summed E-state index contributed by atoms with van der Waals surface area (Å²) in [6, 6.07) is 4.00. The first-order valence-corrected chi connectivity index (χ1v) is 8.73. The third-order valence-corrected chi connectivity index (χ3v) is 4.32. The van der Waals surface area contributed by atoms with Crippen LogP contribution in [0.15, 0.2) is 36.9 Å². The van der Waals surface area contributed by atoms with Crippen LogP contribution in [0.5, 0.6) is 0 Å². The molecule has 8 nitrogen and oxygen atoms in total. The normalized spacial score (nSPS) is 16.0. The van der Waals surface area contributed by atoms with Crippen LogP contribution in [0, 0.1) is 0 Å². The number of anilines is 1. The van der Waals surface area contributed by atoms with Gasteiger partial charge in [-0.3, -0.25) is 9.48 Å². The first-order valence-electron chi connectivity index (χ1n) is 8.73. The van der Waals surface area contributed by atoms with Crippen molar-refractivity contribution >= 4 is 11.9 Å². The third kappa shape index (κ3) is 4.99. The molecule has 3 rings (SSSR count). The average molecular weight is 343 g/mol. The lowest BCUT2D eigenvalue weighted by Crippen LogP contribution is -2.49. The number of nitrogens with one attached hydrogen (secondary N) is 1. The van der Waals surface area contributed by atoms with Crippen LogP contribution in [0.1, 0.15) is 13.3 Å². The van der Waals surface area contributed by atoms with Crippen molar-refractivity contribution < 1.29 is 4.79 Å². The SMILES string of the molecule is C[C@H](Cn1cccn1)NCCC(=O)N1CCN(c2ncccn2)CC1. The predicted molar refractivity (Wildman–Crippen MR) is 95.1 cm³/mol. The van der Waals surface area contributed by atoms with Gasteiger partial charge in [0.1, 0.15) is 0 Å². The molecule has 1 aliphatic heterocycles. The van der Waals surface area contributed by atoms with Crippen LogP contribution in [-0.2, 0) is 11.3 Å². The van der Waals surface area contributed by atoms with Gasteiger partial charge in [-0.1, -0.05) is 0 Å². The monoisotopic (exact) mass is 343 g/mol. The number of carbonyl (C=O) groups excluding carboxylic acids is 1. The van der Waals surface area contributed by atoms with E-state index in [9.17, 15) is 4.79 Å². The maximum absolute atomic E-state index is 12.4. The Balaban J connectivity index is 1.35. The smallest absolute Gasteiger partial charge is 0.225 e. The fraction of sp³-hybridized carbons (Fsp3) is 0.529. The van der Waals surface area contributed by atoms with Crippen molar-refractivity contribution in [1.29, 1.82) is 0 Å². The van der Waals surface area contributed by atoms with Gasteiger partial charge in [0.15, 0.2) is 0 Å². The Kier molecular flexibility index (Phi) is 5.95. The summed E-state index contributed by atoms with van der Waals surface area (Å²) in [6.45, 7) is 6.59. The van der Waals surface area contributed by atoms with Gasteiger partial charge in [0, 0.05) is 70.0 Å². The van der Waals surface area contributed by atoms with Gasteiger partial charge in [0.05, 0.1) is 6.54 Å². The summed E-state index contributed by atoms with van der Waals surface area (Å²) < 4.78 is 1.89. The molecule has 2 aromatic rings. The molecule has 1 atom stereocenters. The Bertz CT molecular complexity index is 638. The highest BCUT2D eigenvalue weighted by Crippen LogP contribution is 2.10. The molecule has 134 valence electrons. The zero-order valence-corrected chi connectivity index (χ0v) is 14.6. The number of aromatic nitrogens is 4. The molecule has 1 saturated heterocycles. The number of piperazine rings is 1. The molecule has 3 heterocycles. The molecule has 0 spiro atoms. The van der Waals surface area contributed by atoms with E-state index in [1.807, 2.05) is 27.9 Å². The van der Waals surface area contributed by atoms with Crippen LogP contribution in [0.3, 0.4) is 0 Å². The molecular weight excluding hydrogens is 318 g/mol. The van der Waals surface area contributed by atoms with Gasteiger partial charge in [-0.2, -0.15) is 5.10 Å². The zero-order valence-electron chi connectivity index (χ0n) is 14.6. The van der Waals surface area contributed by atoms with Crippen molar-refractivity contribution in [1.82, 2.24) is 30.0 Å². The number of hydrogen-bond donors (Lipinski definition) is 1. The van der Waals surface area contributed by atoms with Crippen molar-refractivity contribution in [3.8, 4) is 0 Å². The Labute approximate surface area is 147 Å². The van der Waals surface area contributed by atoms with Gasteiger partial charge >= 0.3 is 0 Å². The van der Waals surface area contributed by atoms with E-state index in [1.165, 1.54) is 0 Å². The average Bonchev–Trinajstić information content (AvgIpc) is 3.15. The quantitative estimate of drug-likeness (QED) is 0.783. The lowest BCUT2D eigenvalue weighted by atomic mass is 10.2. The minimum absolute atomic E-state index is 0.201. The number of amides is 1. The Morgan fingerprint density at radius 3 is 2.60 bits per heavy atom. The molecule has 0 aromatic carbocycles. The fourth-order valence-corrected chi connectivity index (χ4v) is 2.95. The second-order valence-electron chi connectivity index (χ2n) is 6.25. The second kappa shape index (κ2) is 8.57. The first kappa shape index (κ1) is 17.3. The van der Waals surface area contributed by atoms with Gasteiger partial charge in [0.2, 0.25) is 11.9 Å². The summed E-state index contributed by atoms with van der Waals surface area (Å²) in [5, 5.41) is 7.58. The van der Waals surface area contributed by atoms with E-state index in [1.54, 1.807) is 18.6 Å². The zero-order chi connectivity index (χ0) is 17.5. The van der Waals surface area contributed by atoms with Crippen LogP contribution in [0.25, 0.3) is 0 Å². The van der Waals surface area contributed by atoms with E-state index in [4.69, 9.17) is 0 Å². The standard InChI is InChI=1S/C17H25N7O/c1-15(14-24-9-3-7-21-24)18-8-4-16(25)22-10-12-23(13-11-22)17-19-5-2-6-20-17/h2-3,5-7,9,15,18H,4,8,10-14H2,1H3/t15-/m1/s1. The van der Waals surface area contributed by atoms with Crippen molar-refractivity contribution in [3.05, 3.63) is 36.9 Å². The molecule has 2 aromatic heterocycles. The van der Waals surface area contributed by atoms with Crippen LogP contribution >= 0.6 is 0 Å². The molecule has 25 heavy (non-hydrogen) atoms. The molecule has 1 N–H and O–H groups in total. The maximum atomic E-state index is 12.4. The van der Waals surface area contributed by atoms with E-state index in [-0.39, 0.29) is 11.9 Å². The summed E-state index contributed by atoms with van der Waals surface area (Å²) in [5.41, 5.74) is 0. The van der Waals surface area contributed by atoms with Crippen LogP contribution in [0.4, 0.5) is 5.95 Å². The molecule has 1 aliphatic rings. The maximum Gasteiger partial charge on any atom is 0.225 e. The van der Waals surface area contributed by atoms with E-state index >= 15 is 0 Å². The lowest BCUT2D eigenvalue weighted by molar-refractivity contribution is -0.131. The summed E-state index contributed by atoms with van der Waals surface area (Å²) in [5.74, 6) is 0.941. The van der Waals surface area contributed by atoms with Crippen molar-refractivity contribution in [2.75, 3.05) is 37.6 Å². The second-order valence-corrected chi connectivity index (χ2v) is 6.25. The first-order chi connectivity index (χ1) is 12.2. The van der Waals surface area contributed by atoms with Gasteiger partial charge in [0.25, 0.3) is 0 Å². The summed E-state index contributed by atoms with van der Waals surface area (Å²) in [7, 11) is 0. The van der Waals surface area contributed by atoms with Crippen LogP contribution in [-0.4, -0.2) is 69.3 Å². The van der Waals surface area contributed by atoms with Gasteiger partial charge in [-0.05, 0) is 19.1 Å². The third-order valence-electron chi connectivity index (χ3n) is 4.32. The molecule has 8 heteroatoms. The summed E-state index contributed by atoms with van der Waals surface area (Å²) in [4.78, 5) is 24.9. The highest BCUT2D eigenvalue weighted by atomic mass is 16.2. The Morgan fingerprint density at radius 1 is 1.16 bits per heavy atom. The van der Waals surface area contributed by atoms with E-state index in [2.05, 4.69) is 32.2 Å². The summed E-state index contributed by atoms with van der Waals surface area (Å²) >= 11 is 0. The largest absolute Gasteiger partial charge is 0.339 e. The summed E-state index contributed by atoms with van der Waals surface area (Å²) in [6.07, 6.45) is 7.73. The van der Waals surface area contributed by atoms with E-state index < -0.39 is 0 Å². The van der Waals surface area contributed by atoms with Gasteiger partial charge < -0.3 is 15.1 Å². The number of nitrogens with zero attached hydrogens (tertiary/aromatic N) is 6. The highest BCUT2D eigenvalue weighted by Gasteiger charge is 2.22. The van der Waals surface area contributed by atoms with Crippen molar-refractivity contribution in [2.24, 2.45) is 0 Å². The number of carbonyl (C=O) groups is 1. The molecule has 0 bridgehead atoms. The van der Waals surface area contributed by atoms with Crippen LogP contribution < -0.4 is 10.2 Å². The minimum atomic E-state index is 0.201. The Hall–Kier alpha value is -2.48. The van der Waals surface area contributed by atoms with Crippen molar-refractivity contribution in [3.63, 3.8) is 0 Å². The molecule has 1 fully saturated rings. The predicted octanol–water partition coefficient (Wildman–Crippen LogP) is 0.390. The molecule has 0 unspecified atom stereocenters. The van der Waals surface area contributed by atoms with E-state index in [0.717, 1.165) is 38.7 Å². The van der Waals surface area contributed by atoms with Gasteiger partial charge in [-0.25, -0.2) is 9.97 Å². The molecular formula is C17H25N7O. The Morgan fingerprint density at radius 2 is 1.92 bits per heavy atom.